The quantitative estimate of drug-likeness (QED) is 0.697. The predicted molar refractivity (Wildman–Crippen MR) is 125 cm³/mol. The molecule has 3 heterocycles. The Bertz CT molecular complexity index is 1200. The van der Waals surface area contributed by atoms with E-state index >= 15 is 0 Å². The van der Waals surface area contributed by atoms with Crippen molar-refractivity contribution in [1.82, 2.24) is 15.2 Å². The molecule has 1 saturated carbocycles. The zero-order valence-electron chi connectivity index (χ0n) is 19.6. The molecule has 1 atom stereocenters. The number of nitrogens with zero attached hydrogens (tertiary/aromatic N) is 4. The third kappa shape index (κ3) is 4.62. The van der Waals surface area contributed by atoms with Crippen LogP contribution < -0.4 is 10.2 Å². The summed E-state index contributed by atoms with van der Waals surface area (Å²) in [6.07, 6.45) is -0.0877. The molecular weight excluding hydrogens is 471 g/mol. The van der Waals surface area contributed by atoms with Gasteiger partial charge in [0.2, 0.25) is 5.91 Å². The molecule has 7 nitrogen and oxygen atoms in total. The lowest BCUT2D eigenvalue weighted by atomic mass is 9.70. The van der Waals surface area contributed by atoms with Crippen LogP contribution in [0.15, 0.2) is 42.6 Å². The van der Waals surface area contributed by atoms with Crippen molar-refractivity contribution in [3.05, 3.63) is 59.4 Å². The lowest BCUT2D eigenvalue weighted by Gasteiger charge is -2.42. The molecule has 0 bridgehead atoms. The van der Waals surface area contributed by atoms with Crippen LogP contribution in [0.5, 0.6) is 0 Å². The number of rotatable bonds is 4. The van der Waals surface area contributed by atoms with Gasteiger partial charge in [0.1, 0.15) is 5.69 Å². The van der Waals surface area contributed by atoms with E-state index in [1.807, 2.05) is 4.90 Å². The molecule has 36 heavy (non-hydrogen) atoms. The minimum absolute atomic E-state index is 0.0748. The second kappa shape index (κ2) is 9.12. The Morgan fingerprint density at radius 3 is 2.50 bits per heavy atom. The van der Waals surface area contributed by atoms with Gasteiger partial charge >= 0.3 is 6.18 Å². The minimum Gasteiger partial charge on any atom is -0.370 e. The molecule has 0 radical (unpaired) electrons. The fourth-order valence-electron chi connectivity index (χ4n) is 5.43. The van der Waals surface area contributed by atoms with Crippen LogP contribution in [-0.4, -0.2) is 53.9 Å². The van der Waals surface area contributed by atoms with E-state index in [1.54, 1.807) is 35.4 Å². The predicted octanol–water partition coefficient (Wildman–Crippen LogP) is 3.61. The number of likely N-dealkylation sites (tertiary alicyclic amines) is 1. The monoisotopic (exact) mass is 497 g/mol. The second-order valence-corrected chi connectivity index (χ2v) is 9.92. The van der Waals surface area contributed by atoms with Gasteiger partial charge in [-0.1, -0.05) is 6.07 Å². The van der Waals surface area contributed by atoms with Crippen LogP contribution in [0.25, 0.3) is 0 Å². The number of aromatic nitrogens is 1. The molecule has 188 valence electrons. The van der Waals surface area contributed by atoms with Crippen molar-refractivity contribution in [2.24, 2.45) is 11.3 Å². The van der Waals surface area contributed by atoms with Gasteiger partial charge in [0.15, 0.2) is 0 Å². The maximum absolute atomic E-state index is 13.6. The summed E-state index contributed by atoms with van der Waals surface area (Å²) in [4.78, 5) is 33.8. The highest BCUT2D eigenvalue weighted by atomic mass is 19.4. The third-order valence-electron chi connectivity index (χ3n) is 7.61. The molecule has 1 aromatic heterocycles. The first-order valence-corrected chi connectivity index (χ1v) is 12.1. The van der Waals surface area contributed by atoms with Gasteiger partial charge in [-0.15, -0.1) is 0 Å². The van der Waals surface area contributed by atoms with Crippen LogP contribution in [0.3, 0.4) is 0 Å². The number of carbonyl (C=O) groups is 2. The van der Waals surface area contributed by atoms with Gasteiger partial charge in [0.05, 0.1) is 23.1 Å². The van der Waals surface area contributed by atoms with Crippen molar-refractivity contribution < 1.29 is 22.8 Å². The van der Waals surface area contributed by atoms with Gasteiger partial charge in [0, 0.05) is 49.5 Å². The zero-order valence-corrected chi connectivity index (χ0v) is 19.6. The molecule has 1 aromatic carbocycles. The number of amides is 2. The number of nitrogens with one attached hydrogen (secondary N) is 1. The Kier molecular flexibility index (Phi) is 6.10. The molecule has 1 N–H and O–H groups in total. The van der Waals surface area contributed by atoms with Crippen LogP contribution in [0.2, 0.25) is 0 Å². The van der Waals surface area contributed by atoms with E-state index in [9.17, 15) is 22.8 Å². The summed E-state index contributed by atoms with van der Waals surface area (Å²) in [5, 5.41) is 12.2. The Labute approximate surface area is 206 Å². The van der Waals surface area contributed by atoms with E-state index in [0.29, 0.717) is 43.9 Å². The molecule has 10 heteroatoms. The highest BCUT2D eigenvalue weighted by Gasteiger charge is 2.52. The normalized spacial score (nSPS) is 21.3. The number of benzene rings is 1. The number of anilines is 1. The number of pyridine rings is 1. The van der Waals surface area contributed by atoms with Gasteiger partial charge in [-0.3, -0.25) is 14.6 Å². The van der Waals surface area contributed by atoms with Gasteiger partial charge in [-0.2, -0.15) is 18.4 Å². The van der Waals surface area contributed by atoms with Gasteiger partial charge in [0.25, 0.3) is 5.91 Å². The Morgan fingerprint density at radius 1 is 1.14 bits per heavy atom. The fourth-order valence-corrected chi connectivity index (χ4v) is 5.43. The standard InChI is InChI=1S/C26H26F3N5O2/c27-26(28,29)20-13-19(7-4-17(20)14-30)34-15-21(23(35)32-18-5-6-18)25(16-34)8-11-33(12-9-25)24(36)22-3-1-2-10-31-22/h1-4,7,10,13,18,21H,5-6,8-9,11-12,15-16H2,(H,32,35). The second-order valence-electron chi connectivity index (χ2n) is 9.92. The molecule has 1 aliphatic carbocycles. The van der Waals surface area contributed by atoms with Crippen LogP contribution in [0.1, 0.15) is 47.3 Å². The van der Waals surface area contributed by atoms with Crippen LogP contribution in [0, 0.1) is 22.7 Å². The Morgan fingerprint density at radius 2 is 1.89 bits per heavy atom. The molecule has 2 aliphatic heterocycles. The molecule has 1 unspecified atom stereocenters. The van der Waals surface area contributed by atoms with Crippen molar-refractivity contribution in [2.45, 2.75) is 37.9 Å². The fraction of sp³-hybridized carbons (Fsp3) is 0.462. The molecule has 2 saturated heterocycles. The number of alkyl halides is 3. The number of nitriles is 1. The summed E-state index contributed by atoms with van der Waals surface area (Å²) in [5.41, 5.74) is -1.16. The van der Waals surface area contributed by atoms with Crippen molar-refractivity contribution in [3.8, 4) is 6.07 Å². The first-order valence-electron chi connectivity index (χ1n) is 12.1. The SMILES string of the molecule is N#Cc1ccc(N2CC(C(=O)NC3CC3)C3(CCN(C(=O)c4ccccn4)CC3)C2)cc1C(F)(F)F. The van der Waals surface area contributed by atoms with Gasteiger partial charge < -0.3 is 15.1 Å². The molecule has 2 aromatic rings. The summed E-state index contributed by atoms with van der Waals surface area (Å²) < 4.78 is 40.8. The molecule has 3 aliphatic rings. The number of piperidine rings is 1. The number of halogens is 3. The zero-order chi connectivity index (χ0) is 25.5. The molecular formula is C26H26F3N5O2. The maximum atomic E-state index is 13.6. The van der Waals surface area contributed by atoms with Crippen LogP contribution >= 0.6 is 0 Å². The summed E-state index contributed by atoms with van der Waals surface area (Å²) in [6, 6.07) is 10.7. The average Bonchev–Trinajstić information content (AvgIpc) is 3.62. The van der Waals surface area contributed by atoms with E-state index in [1.165, 1.54) is 12.1 Å². The molecule has 2 amide bonds. The Balaban J connectivity index is 1.39. The van der Waals surface area contributed by atoms with Crippen LogP contribution in [-0.2, 0) is 11.0 Å². The summed E-state index contributed by atoms with van der Waals surface area (Å²) in [7, 11) is 0. The highest BCUT2D eigenvalue weighted by molar-refractivity contribution is 5.92. The van der Waals surface area contributed by atoms with E-state index in [-0.39, 0.29) is 24.4 Å². The molecule has 1 spiro atoms. The van der Waals surface area contributed by atoms with E-state index < -0.39 is 28.6 Å². The maximum Gasteiger partial charge on any atom is 0.417 e. The average molecular weight is 498 g/mol. The van der Waals surface area contributed by atoms with Crippen molar-refractivity contribution in [2.75, 3.05) is 31.1 Å². The number of carbonyl (C=O) groups excluding carboxylic acids is 2. The smallest absolute Gasteiger partial charge is 0.370 e. The highest BCUT2D eigenvalue weighted by Crippen LogP contribution is 2.47. The Hall–Kier alpha value is -3.61. The van der Waals surface area contributed by atoms with Crippen molar-refractivity contribution in [1.29, 1.82) is 5.26 Å². The van der Waals surface area contributed by atoms with Crippen LogP contribution in [0.4, 0.5) is 18.9 Å². The first kappa shape index (κ1) is 24.1. The molecule has 5 rings (SSSR count). The van der Waals surface area contributed by atoms with Crippen molar-refractivity contribution in [3.63, 3.8) is 0 Å². The summed E-state index contributed by atoms with van der Waals surface area (Å²) in [5.74, 6) is -0.648. The minimum atomic E-state index is -4.65. The lowest BCUT2D eigenvalue weighted by molar-refractivity contribution is -0.137. The third-order valence-corrected chi connectivity index (χ3v) is 7.61. The van der Waals surface area contributed by atoms with Crippen molar-refractivity contribution >= 4 is 17.5 Å². The van der Waals surface area contributed by atoms with Gasteiger partial charge in [-0.25, -0.2) is 0 Å². The number of hydrogen-bond donors (Lipinski definition) is 1. The topological polar surface area (TPSA) is 89.3 Å². The number of hydrogen-bond acceptors (Lipinski definition) is 5. The van der Waals surface area contributed by atoms with Gasteiger partial charge in [-0.05, 0) is 56.0 Å². The summed E-state index contributed by atoms with van der Waals surface area (Å²) >= 11 is 0. The molecule has 3 fully saturated rings. The van der Waals surface area contributed by atoms with E-state index in [0.717, 1.165) is 18.9 Å². The summed E-state index contributed by atoms with van der Waals surface area (Å²) in [6.45, 7) is 1.58. The van der Waals surface area contributed by atoms with E-state index in [2.05, 4.69) is 10.3 Å². The largest absolute Gasteiger partial charge is 0.417 e. The lowest BCUT2D eigenvalue weighted by Crippen LogP contribution is -2.50. The van der Waals surface area contributed by atoms with E-state index in [4.69, 9.17) is 5.26 Å². The first-order chi connectivity index (χ1) is 17.2.